The van der Waals surface area contributed by atoms with E-state index in [0.29, 0.717) is 59.7 Å². The Kier molecular flexibility index (Phi) is 16.1. The zero-order valence-electron chi connectivity index (χ0n) is 35.2. The Bertz CT molecular complexity index is 2110. The van der Waals surface area contributed by atoms with Crippen LogP contribution in [-0.4, -0.2) is 79.4 Å². The third-order valence-electron chi connectivity index (χ3n) is 11.6. The van der Waals surface area contributed by atoms with Gasteiger partial charge in [-0.2, -0.15) is 0 Å². The van der Waals surface area contributed by atoms with Gasteiger partial charge in [-0.3, -0.25) is 24.1 Å². The average molecular weight is 835 g/mol. The molecule has 1 heterocycles. The summed E-state index contributed by atoms with van der Waals surface area (Å²) in [5.74, 6) is -1.29. The first-order valence-electron chi connectivity index (χ1n) is 21.4. The number of aryl methyl sites for hydroxylation is 3. The molecule has 0 spiro atoms. The van der Waals surface area contributed by atoms with Crippen LogP contribution in [0.3, 0.4) is 0 Å². The molecule has 0 aliphatic heterocycles. The first kappa shape index (κ1) is 44.2. The number of anilines is 2. The van der Waals surface area contributed by atoms with Crippen molar-refractivity contribution in [2.75, 3.05) is 44.5 Å². The van der Waals surface area contributed by atoms with Gasteiger partial charge >= 0.3 is 11.9 Å². The molecule has 60 heavy (non-hydrogen) atoms. The quantitative estimate of drug-likeness (QED) is 0.0953. The van der Waals surface area contributed by atoms with Gasteiger partial charge in [-0.1, -0.05) is 55.7 Å². The molecule has 6 rings (SSSR count). The number of benzene rings is 3. The highest BCUT2D eigenvalue weighted by atomic mass is 32.1. The van der Waals surface area contributed by atoms with Crippen LogP contribution in [-0.2, 0) is 51.3 Å². The van der Waals surface area contributed by atoms with Gasteiger partial charge in [-0.15, -0.1) is 11.3 Å². The first-order chi connectivity index (χ1) is 29.1. The summed E-state index contributed by atoms with van der Waals surface area (Å²) in [6.07, 6.45) is 11.3. The summed E-state index contributed by atoms with van der Waals surface area (Å²) >= 11 is 1.50. The van der Waals surface area contributed by atoms with E-state index in [2.05, 4.69) is 15.5 Å². The number of methoxy groups -OCH3 is 1. The van der Waals surface area contributed by atoms with Crippen molar-refractivity contribution in [3.8, 4) is 0 Å². The lowest BCUT2D eigenvalue weighted by Crippen LogP contribution is -2.42. The van der Waals surface area contributed by atoms with Crippen LogP contribution in [0.25, 0.3) is 0 Å². The van der Waals surface area contributed by atoms with E-state index in [1.807, 2.05) is 60.7 Å². The maximum atomic E-state index is 14.0. The Morgan fingerprint density at radius 1 is 0.750 bits per heavy atom. The molecule has 0 radical (unpaired) electrons. The summed E-state index contributed by atoms with van der Waals surface area (Å²) in [5, 5.41) is 6.80. The van der Waals surface area contributed by atoms with Crippen molar-refractivity contribution in [2.24, 2.45) is 0 Å². The van der Waals surface area contributed by atoms with Crippen molar-refractivity contribution < 1.29 is 33.4 Å². The van der Waals surface area contributed by atoms with E-state index in [1.54, 1.807) is 31.0 Å². The van der Waals surface area contributed by atoms with E-state index in [-0.39, 0.29) is 42.5 Å². The van der Waals surface area contributed by atoms with Gasteiger partial charge in [0.1, 0.15) is 5.00 Å². The lowest BCUT2D eigenvalue weighted by atomic mass is 9.93. The fourth-order valence-electron chi connectivity index (χ4n) is 8.15. The third-order valence-corrected chi connectivity index (χ3v) is 12.8. The Balaban J connectivity index is 1.09. The van der Waals surface area contributed by atoms with Crippen LogP contribution in [0.5, 0.6) is 0 Å². The van der Waals surface area contributed by atoms with Crippen LogP contribution in [0.4, 0.5) is 10.7 Å². The standard InChI is InChI=1S/C48H58N4O7S/c1-4-59-43(54)28-27-42(53)51(2)29-30-52(39-13-6-5-7-14-39)32-35-11-10-12-37(31-35)45(55)50-47-44(40-15-8-9-16-41(40)60-47)46(56)49-38-25-21-34(22-26-38)18-17-33-19-23-36(24-20-33)48(57)58-3/h10-12,19-26,31,39H,4-9,13-18,27-30,32H2,1-3H3,(H,49,56)(H,50,55). The number of hydrogen-bond acceptors (Lipinski definition) is 9. The van der Waals surface area contributed by atoms with Gasteiger partial charge < -0.3 is 25.0 Å². The molecule has 0 saturated heterocycles. The number of fused-ring (bicyclic) bond motifs is 1. The number of likely N-dealkylation sites (N-methyl/N-ethyl adjacent to an activating group) is 1. The zero-order chi connectivity index (χ0) is 42.4. The smallest absolute Gasteiger partial charge is 0.337 e. The lowest BCUT2D eigenvalue weighted by molar-refractivity contribution is -0.145. The van der Waals surface area contributed by atoms with Crippen LogP contribution in [0.2, 0.25) is 0 Å². The number of ether oxygens (including phenoxy) is 2. The largest absolute Gasteiger partial charge is 0.466 e. The molecule has 1 aromatic heterocycles. The molecule has 11 nitrogen and oxygen atoms in total. The van der Waals surface area contributed by atoms with E-state index < -0.39 is 0 Å². The van der Waals surface area contributed by atoms with Crippen LogP contribution < -0.4 is 10.6 Å². The molecule has 3 amide bonds. The van der Waals surface area contributed by atoms with E-state index in [0.717, 1.165) is 78.5 Å². The summed E-state index contributed by atoms with van der Waals surface area (Å²) in [7, 11) is 3.15. The topological polar surface area (TPSA) is 134 Å². The van der Waals surface area contributed by atoms with Gasteiger partial charge in [0.15, 0.2) is 0 Å². The number of thiophene rings is 1. The summed E-state index contributed by atoms with van der Waals surface area (Å²) in [4.78, 5) is 69.6. The van der Waals surface area contributed by atoms with Crippen molar-refractivity contribution in [1.82, 2.24) is 9.80 Å². The minimum absolute atomic E-state index is 0.0763. The van der Waals surface area contributed by atoms with E-state index in [4.69, 9.17) is 9.47 Å². The number of nitrogens with one attached hydrogen (secondary N) is 2. The second kappa shape index (κ2) is 21.8. The van der Waals surface area contributed by atoms with E-state index >= 15 is 0 Å². The van der Waals surface area contributed by atoms with Crippen molar-refractivity contribution in [1.29, 1.82) is 0 Å². The molecule has 2 N–H and O–H groups in total. The van der Waals surface area contributed by atoms with Gasteiger partial charge in [0.2, 0.25) is 5.91 Å². The van der Waals surface area contributed by atoms with Gasteiger partial charge in [0, 0.05) is 55.3 Å². The normalized spacial score (nSPS) is 13.9. The predicted molar refractivity (Wildman–Crippen MR) is 236 cm³/mol. The van der Waals surface area contributed by atoms with Crippen LogP contribution in [0.15, 0.2) is 72.8 Å². The molecule has 3 aromatic carbocycles. The Hall–Kier alpha value is -5.33. The molecule has 1 saturated carbocycles. The molecule has 2 aliphatic carbocycles. The van der Waals surface area contributed by atoms with Crippen molar-refractivity contribution in [3.05, 3.63) is 117 Å². The molecule has 0 atom stereocenters. The molecule has 1 fully saturated rings. The zero-order valence-corrected chi connectivity index (χ0v) is 36.0. The number of esters is 2. The van der Waals surface area contributed by atoms with Crippen molar-refractivity contribution >= 4 is 51.7 Å². The number of carbonyl (C=O) groups is 5. The van der Waals surface area contributed by atoms with Gasteiger partial charge in [-0.25, -0.2) is 4.79 Å². The number of hydrogen-bond donors (Lipinski definition) is 2. The highest BCUT2D eigenvalue weighted by Gasteiger charge is 2.28. The van der Waals surface area contributed by atoms with E-state index in [1.165, 1.54) is 37.7 Å². The fourth-order valence-corrected chi connectivity index (χ4v) is 9.43. The van der Waals surface area contributed by atoms with Crippen molar-refractivity contribution in [3.63, 3.8) is 0 Å². The highest BCUT2D eigenvalue weighted by molar-refractivity contribution is 7.17. The maximum Gasteiger partial charge on any atom is 0.337 e. The lowest BCUT2D eigenvalue weighted by Gasteiger charge is -2.35. The van der Waals surface area contributed by atoms with Crippen molar-refractivity contribution in [2.45, 2.75) is 103 Å². The summed E-state index contributed by atoms with van der Waals surface area (Å²) in [5.41, 5.74) is 6.54. The molecular weight excluding hydrogens is 777 g/mol. The molecule has 0 bridgehead atoms. The second-order valence-electron chi connectivity index (χ2n) is 15.8. The second-order valence-corrected chi connectivity index (χ2v) is 16.9. The number of nitrogens with zero attached hydrogens (tertiary/aromatic N) is 2. The monoisotopic (exact) mass is 834 g/mol. The Labute approximate surface area is 357 Å². The molecule has 318 valence electrons. The minimum atomic E-state index is -0.359. The number of carbonyl (C=O) groups excluding carboxylic acids is 5. The summed E-state index contributed by atoms with van der Waals surface area (Å²) < 4.78 is 9.78. The summed E-state index contributed by atoms with van der Waals surface area (Å²) in [6, 6.07) is 23.4. The minimum Gasteiger partial charge on any atom is -0.466 e. The fraction of sp³-hybridized carbons (Fsp3) is 0.438. The Morgan fingerprint density at radius 2 is 1.45 bits per heavy atom. The van der Waals surface area contributed by atoms with Crippen LogP contribution >= 0.6 is 11.3 Å². The van der Waals surface area contributed by atoms with Gasteiger partial charge in [-0.05, 0) is 117 Å². The number of rotatable bonds is 18. The summed E-state index contributed by atoms with van der Waals surface area (Å²) in [6.45, 7) is 3.91. The number of amides is 3. The molecule has 2 aliphatic rings. The van der Waals surface area contributed by atoms with Gasteiger partial charge in [0.05, 0.1) is 31.3 Å². The van der Waals surface area contributed by atoms with Crippen LogP contribution in [0.1, 0.15) is 123 Å². The molecular formula is C48H58N4O7S. The molecule has 0 unspecified atom stereocenters. The molecule has 12 heteroatoms. The average Bonchev–Trinajstić information content (AvgIpc) is 3.64. The van der Waals surface area contributed by atoms with Crippen LogP contribution in [0, 0.1) is 0 Å². The first-order valence-corrected chi connectivity index (χ1v) is 22.2. The van der Waals surface area contributed by atoms with E-state index in [9.17, 15) is 24.0 Å². The highest BCUT2D eigenvalue weighted by Crippen LogP contribution is 2.39. The van der Waals surface area contributed by atoms with Gasteiger partial charge in [0.25, 0.3) is 11.8 Å². The molecule has 4 aromatic rings. The SMILES string of the molecule is CCOC(=O)CCC(=O)N(C)CCN(Cc1cccc(C(=O)Nc2sc3c(c2C(=O)Nc2ccc(CCc4ccc(C(=O)OC)cc4)cc2)CCCC3)c1)C1CCCCC1. The maximum absolute atomic E-state index is 14.0. The Morgan fingerprint density at radius 3 is 2.15 bits per heavy atom. The third kappa shape index (κ3) is 12.1. The predicted octanol–water partition coefficient (Wildman–Crippen LogP) is 8.64.